The van der Waals surface area contributed by atoms with Gasteiger partial charge in [-0.25, -0.2) is 9.98 Å². The predicted octanol–water partition coefficient (Wildman–Crippen LogP) is 4.44. The predicted molar refractivity (Wildman–Crippen MR) is 121 cm³/mol. The summed E-state index contributed by atoms with van der Waals surface area (Å²) in [7, 11) is 0. The molecule has 3 aromatic rings. The largest absolute Gasteiger partial charge is 0.492 e. The fourth-order valence-corrected chi connectivity index (χ4v) is 3.79. The van der Waals surface area contributed by atoms with Crippen LogP contribution in [0.25, 0.3) is 11.6 Å². The number of nitrogens with one attached hydrogen (secondary N) is 2. The highest BCUT2D eigenvalue weighted by Gasteiger charge is 2.21. The Hall–Kier alpha value is -2.83. The number of H-pyrrole nitrogens is 1. The van der Waals surface area contributed by atoms with Gasteiger partial charge in [-0.2, -0.15) is 4.98 Å². The van der Waals surface area contributed by atoms with Crippen molar-refractivity contribution in [3.8, 4) is 5.88 Å². The van der Waals surface area contributed by atoms with Crippen molar-refractivity contribution in [2.75, 3.05) is 11.9 Å². The average molecular weight is 430 g/mol. The van der Waals surface area contributed by atoms with Crippen LogP contribution in [0.5, 0.6) is 5.88 Å². The minimum atomic E-state index is -0.0227. The van der Waals surface area contributed by atoms with Gasteiger partial charge < -0.3 is 15.4 Å². The number of rotatable bonds is 4. The maximum atomic E-state index is 10.2. The van der Waals surface area contributed by atoms with Crippen LogP contribution in [0.3, 0.4) is 0 Å². The Morgan fingerprint density at radius 3 is 2.62 bits per heavy atom. The van der Waals surface area contributed by atoms with Crippen molar-refractivity contribution in [1.29, 1.82) is 0 Å². The molecule has 1 aromatic carbocycles. The summed E-state index contributed by atoms with van der Waals surface area (Å²) in [5.74, 6) is 1.79. The molecule has 3 N–H and O–H groups in total. The number of allylic oxidation sites excluding steroid dienone is 1. The molecule has 0 amide bonds. The third kappa shape index (κ3) is 4.13. The molecule has 3 heterocycles. The highest BCUT2D eigenvalue weighted by Crippen LogP contribution is 2.32. The summed E-state index contributed by atoms with van der Waals surface area (Å²) in [5.41, 5.74) is 5.28. The number of anilines is 1. The molecule has 2 aromatic heterocycles. The summed E-state index contributed by atoms with van der Waals surface area (Å²) in [4.78, 5) is 15.9. The number of benzene rings is 1. The van der Waals surface area contributed by atoms with E-state index < -0.39 is 0 Å². The second kappa shape index (κ2) is 8.68. The van der Waals surface area contributed by atoms with E-state index >= 15 is 0 Å². The van der Waals surface area contributed by atoms with Crippen molar-refractivity contribution in [1.82, 2.24) is 15.0 Å². The monoisotopic (exact) mass is 429 g/mol. The van der Waals surface area contributed by atoms with Gasteiger partial charge in [0.15, 0.2) is 5.82 Å². The molecule has 0 saturated heterocycles. The molecular formula is C21H21Cl2N5O. The fraction of sp³-hybridized carbons (Fsp3) is 0.190. The number of nitrogens with zero attached hydrogens (tertiary/aromatic N) is 3. The zero-order valence-electron chi connectivity index (χ0n) is 15.5. The van der Waals surface area contributed by atoms with Crippen LogP contribution in [0.2, 0.25) is 0 Å². The number of aromatic amines is 1. The van der Waals surface area contributed by atoms with Crippen LogP contribution in [0, 0.1) is 5.92 Å². The van der Waals surface area contributed by atoms with Crippen molar-refractivity contribution in [3.63, 3.8) is 0 Å². The molecule has 1 aliphatic heterocycles. The maximum absolute atomic E-state index is 10.2. The summed E-state index contributed by atoms with van der Waals surface area (Å²) >= 11 is 0. The van der Waals surface area contributed by atoms with E-state index in [0.29, 0.717) is 23.4 Å². The summed E-state index contributed by atoms with van der Waals surface area (Å²) in [6.07, 6.45) is 7.47. The van der Waals surface area contributed by atoms with Crippen molar-refractivity contribution < 1.29 is 5.11 Å². The van der Waals surface area contributed by atoms with Gasteiger partial charge >= 0.3 is 0 Å². The number of pyridine rings is 1. The van der Waals surface area contributed by atoms with Crippen molar-refractivity contribution in [3.05, 3.63) is 65.0 Å². The number of hydrogen-bond donors (Lipinski definition) is 3. The first-order valence-corrected chi connectivity index (χ1v) is 9.07. The summed E-state index contributed by atoms with van der Waals surface area (Å²) in [5, 5.41) is 13.5. The first-order chi connectivity index (χ1) is 13.3. The van der Waals surface area contributed by atoms with Crippen LogP contribution >= 0.6 is 24.8 Å². The van der Waals surface area contributed by atoms with E-state index in [-0.39, 0.29) is 30.7 Å². The number of fused-ring (bicyclic) bond motifs is 2. The zero-order valence-corrected chi connectivity index (χ0v) is 17.1. The lowest BCUT2D eigenvalue weighted by Gasteiger charge is -2.09. The highest BCUT2D eigenvalue weighted by molar-refractivity contribution is 6.20. The third-order valence-corrected chi connectivity index (χ3v) is 5.13. The molecule has 5 rings (SSSR count). The number of aliphatic imine (C=N–C) groups is 1. The van der Waals surface area contributed by atoms with Crippen LogP contribution in [0.15, 0.2) is 47.6 Å². The molecule has 150 valence electrons. The Kier molecular flexibility index (Phi) is 6.25. The smallest absolute Gasteiger partial charge is 0.238 e. The Balaban J connectivity index is 0.00000120. The van der Waals surface area contributed by atoms with E-state index in [1.54, 1.807) is 12.4 Å². The van der Waals surface area contributed by atoms with E-state index in [2.05, 4.69) is 49.5 Å². The van der Waals surface area contributed by atoms with Gasteiger partial charge in [0.25, 0.3) is 0 Å². The number of hydrogen-bond acceptors (Lipinski definition) is 5. The fourth-order valence-electron chi connectivity index (χ4n) is 3.79. The van der Waals surface area contributed by atoms with Gasteiger partial charge in [-0.1, -0.05) is 24.3 Å². The Morgan fingerprint density at radius 2 is 1.86 bits per heavy atom. The van der Waals surface area contributed by atoms with Crippen LogP contribution in [0.1, 0.15) is 22.4 Å². The number of halogens is 2. The number of imidazole rings is 1. The van der Waals surface area contributed by atoms with Gasteiger partial charge in [-0.3, -0.25) is 0 Å². The van der Waals surface area contributed by atoms with Gasteiger partial charge in [0.05, 0.1) is 0 Å². The van der Waals surface area contributed by atoms with Crippen LogP contribution in [-0.2, 0) is 12.8 Å². The normalized spacial score (nSPS) is 15.5. The minimum absolute atomic E-state index is 0. The second-order valence-electron chi connectivity index (χ2n) is 6.98. The highest BCUT2D eigenvalue weighted by atomic mass is 35.5. The SMILES string of the molecule is Cl.Cl.Oc1nc(NCC2Cc3ccccc3C2)[nH]c1C=C1C=Nc2ncccc21. The molecule has 0 radical (unpaired) electrons. The molecule has 0 spiro atoms. The average Bonchev–Trinajstić information content (AvgIpc) is 3.38. The van der Waals surface area contributed by atoms with E-state index in [4.69, 9.17) is 0 Å². The molecule has 29 heavy (non-hydrogen) atoms. The lowest BCUT2D eigenvalue weighted by atomic mass is 10.1. The molecule has 6 nitrogen and oxygen atoms in total. The van der Waals surface area contributed by atoms with Gasteiger partial charge in [0, 0.05) is 30.1 Å². The van der Waals surface area contributed by atoms with Crippen LogP contribution in [-0.4, -0.2) is 32.8 Å². The minimum Gasteiger partial charge on any atom is -0.492 e. The second-order valence-corrected chi connectivity index (χ2v) is 6.98. The first-order valence-electron chi connectivity index (χ1n) is 9.07. The van der Waals surface area contributed by atoms with Gasteiger partial charge in [0.2, 0.25) is 11.8 Å². The van der Waals surface area contributed by atoms with Gasteiger partial charge in [-0.05, 0) is 48.1 Å². The molecule has 1 aliphatic carbocycles. The molecule has 8 heteroatoms. The van der Waals surface area contributed by atoms with Crippen molar-refractivity contribution in [2.24, 2.45) is 10.9 Å². The van der Waals surface area contributed by atoms with E-state index in [1.165, 1.54) is 11.1 Å². The zero-order chi connectivity index (χ0) is 18.2. The Bertz CT molecular complexity index is 1050. The van der Waals surface area contributed by atoms with Crippen LogP contribution < -0.4 is 5.32 Å². The molecular weight excluding hydrogens is 409 g/mol. The Labute approximate surface area is 181 Å². The molecule has 0 fully saturated rings. The number of aromatic nitrogens is 3. The molecule has 0 atom stereocenters. The topological polar surface area (TPSA) is 86.2 Å². The Morgan fingerprint density at radius 1 is 1.10 bits per heavy atom. The maximum Gasteiger partial charge on any atom is 0.238 e. The van der Waals surface area contributed by atoms with E-state index in [9.17, 15) is 5.11 Å². The molecule has 0 saturated carbocycles. The van der Waals surface area contributed by atoms with E-state index in [0.717, 1.165) is 30.5 Å². The van der Waals surface area contributed by atoms with Crippen LogP contribution in [0.4, 0.5) is 11.8 Å². The number of aromatic hydroxyl groups is 1. The summed E-state index contributed by atoms with van der Waals surface area (Å²) in [6.45, 7) is 0.811. The molecule has 0 bridgehead atoms. The lowest BCUT2D eigenvalue weighted by molar-refractivity contribution is 0.455. The van der Waals surface area contributed by atoms with Crippen molar-refractivity contribution >= 4 is 54.4 Å². The summed E-state index contributed by atoms with van der Waals surface area (Å²) < 4.78 is 0. The molecule has 0 unspecified atom stereocenters. The van der Waals surface area contributed by atoms with Gasteiger partial charge in [0.1, 0.15) is 5.69 Å². The lowest BCUT2D eigenvalue weighted by Crippen LogP contribution is -2.15. The molecule has 2 aliphatic rings. The van der Waals surface area contributed by atoms with Crippen molar-refractivity contribution in [2.45, 2.75) is 12.8 Å². The third-order valence-electron chi connectivity index (χ3n) is 5.13. The standard InChI is InChI=1S/C21H19N5O.2ClH/c27-20-18(10-16-12-23-19-17(16)6-3-7-22-19)25-21(26-20)24-11-13-8-14-4-1-2-5-15(14)9-13;;/h1-7,10,12-13,27H,8-9,11H2,(H2,24,25,26);2*1H. The first kappa shape index (κ1) is 20.9. The van der Waals surface area contributed by atoms with Gasteiger partial charge in [-0.15, -0.1) is 24.8 Å². The van der Waals surface area contributed by atoms with E-state index in [1.807, 2.05) is 18.2 Å². The quantitative estimate of drug-likeness (QED) is 0.571. The summed E-state index contributed by atoms with van der Waals surface area (Å²) in [6, 6.07) is 12.4.